The van der Waals surface area contributed by atoms with Crippen molar-refractivity contribution < 1.29 is 0 Å². The van der Waals surface area contributed by atoms with Crippen LogP contribution in [0.1, 0.15) is 29.8 Å². The van der Waals surface area contributed by atoms with E-state index in [0.29, 0.717) is 6.04 Å². The Kier molecular flexibility index (Phi) is 4.48. The fraction of sp³-hybridized carbons (Fsp3) is 0.312. The zero-order chi connectivity index (χ0) is 12.8. The molecule has 0 aliphatic rings. The quantitative estimate of drug-likeness (QED) is 0.867. The summed E-state index contributed by atoms with van der Waals surface area (Å²) in [5, 5.41) is 3.53. The molecule has 2 rings (SSSR count). The van der Waals surface area contributed by atoms with Crippen LogP contribution >= 0.6 is 0 Å². The average Bonchev–Trinajstić information content (AvgIpc) is 2.42. The van der Waals surface area contributed by atoms with Gasteiger partial charge < -0.3 is 5.32 Å². The summed E-state index contributed by atoms with van der Waals surface area (Å²) >= 11 is 0. The lowest BCUT2D eigenvalue weighted by Gasteiger charge is -2.18. The van der Waals surface area contributed by atoms with Gasteiger partial charge in [-0.15, -0.1) is 0 Å². The van der Waals surface area contributed by atoms with Crippen molar-refractivity contribution in [1.82, 2.24) is 10.3 Å². The highest BCUT2D eigenvalue weighted by molar-refractivity contribution is 5.24. The van der Waals surface area contributed by atoms with E-state index in [0.717, 1.165) is 13.0 Å². The first-order valence-corrected chi connectivity index (χ1v) is 6.50. The van der Waals surface area contributed by atoms with Gasteiger partial charge in [-0.3, -0.25) is 4.98 Å². The van der Waals surface area contributed by atoms with Crippen molar-refractivity contribution in [1.29, 1.82) is 0 Å². The minimum Gasteiger partial charge on any atom is -0.310 e. The van der Waals surface area contributed by atoms with Crippen LogP contribution < -0.4 is 5.32 Å². The molecule has 0 spiro atoms. The maximum atomic E-state index is 4.49. The van der Waals surface area contributed by atoms with E-state index in [1.165, 1.54) is 16.8 Å². The third-order valence-corrected chi connectivity index (χ3v) is 3.17. The minimum atomic E-state index is 0.338. The number of benzene rings is 1. The topological polar surface area (TPSA) is 24.9 Å². The number of rotatable bonds is 5. The molecule has 1 unspecified atom stereocenters. The molecule has 0 saturated carbocycles. The first-order valence-electron chi connectivity index (χ1n) is 6.50. The van der Waals surface area contributed by atoms with Crippen LogP contribution in [0.15, 0.2) is 48.7 Å². The standard InChI is InChI=1S/C16H20N2/c1-3-17-16(14-9-5-4-6-10-14)12-15-13(2)8-7-11-18-15/h4-11,16-17H,3,12H2,1-2H3. The largest absolute Gasteiger partial charge is 0.310 e. The zero-order valence-electron chi connectivity index (χ0n) is 11.1. The molecule has 0 saturated heterocycles. The number of hydrogen-bond acceptors (Lipinski definition) is 2. The minimum absolute atomic E-state index is 0.338. The second kappa shape index (κ2) is 6.31. The van der Waals surface area contributed by atoms with E-state index in [-0.39, 0.29) is 0 Å². The molecule has 0 amide bonds. The Morgan fingerprint density at radius 3 is 2.56 bits per heavy atom. The third-order valence-electron chi connectivity index (χ3n) is 3.17. The van der Waals surface area contributed by atoms with Crippen LogP contribution in [0.5, 0.6) is 0 Å². The van der Waals surface area contributed by atoms with E-state index < -0.39 is 0 Å². The Hall–Kier alpha value is -1.67. The Morgan fingerprint density at radius 1 is 1.11 bits per heavy atom. The summed E-state index contributed by atoms with van der Waals surface area (Å²) in [6, 6.07) is 15.0. The first kappa shape index (κ1) is 12.8. The van der Waals surface area contributed by atoms with E-state index in [9.17, 15) is 0 Å². The summed E-state index contributed by atoms with van der Waals surface area (Å²) < 4.78 is 0. The van der Waals surface area contributed by atoms with Gasteiger partial charge in [0.25, 0.3) is 0 Å². The summed E-state index contributed by atoms with van der Waals surface area (Å²) in [4.78, 5) is 4.49. The molecule has 2 aromatic rings. The van der Waals surface area contributed by atoms with Crippen LogP contribution in [0.4, 0.5) is 0 Å². The van der Waals surface area contributed by atoms with Gasteiger partial charge in [-0.1, -0.05) is 43.3 Å². The summed E-state index contributed by atoms with van der Waals surface area (Å²) in [5.74, 6) is 0. The Labute approximate surface area is 109 Å². The van der Waals surface area contributed by atoms with Gasteiger partial charge in [-0.25, -0.2) is 0 Å². The lowest BCUT2D eigenvalue weighted by molar-refractivity contribution is 0.543. The van der Waals surface area contributed by atoms with Gasteiger partial charge in [0, 0.05) is 24.4 Å². The summed E-state index contributed by atoms with van der Waals surface area (Å²) in [5.41, 5.74) is 3.76. The molecule has 1 aromatic carbocycles. The highest BCUT2D eigenvalue weighted by atomic mass is 14.9. The highest BCUT2D eigenvalue weighted by Gasteiger charge is 2.12. The van der Waals surface area contributed by atoms with Crippen molar-refractivity contribution >= 4 is 0 Å². The van der Waals surface area contributed by atoms with Gasteiger partial charge >= 0.3 is 0 Å². The number of likely N-dealkylation sites (N-methyl/N-ethyl adjacent to an activating group) is 1. The van der Waals surface area contributed by atoms with E-state index in [4.69, 9.17) is 0 Å². The van der Waals surface area contributed by atoms with Crippen molar-refractivity contribution in [2.75, 3.05) is 6.54 Å². The molecule has 1 aromatic heterocycles. The SMILES string of the molecule is CCNC(Cc1ncccc1C)c1ccccc1. The number of aryl methyl sites for hydroxylation is 1. The molecule has 94 valence electrons. The fourth-order valence-electron chi connectivity index (χ4n) is 2.17. The number of pyridine rings is 1. The Bertz CT molecular complexity index is 479. The zero-order valence-corrected chi connectivity index (χ0v) is 11.1. The maximum Gasteiger partial charge on any atom is 0.0451 e. The molecular formula is C16H20N2. The van der Waals surface area contributed by atoms with Gasteiger partial charge in [0.1, 0.15) is 0 Å². The third kappa shape index (κ3) is 3.17. The number of aromatic nitrogens is 1. The highest BCUT2D eigenvalue weighted by Crippen LogP contribution is 2.18. The van der Waals surface area contributed by atoms with Crippen LogP contribution in [0, 0.1) is 6.92 Å². The van der Waals surface area contributed by atoms with E-state index in [2.05, 4.69) is 60.5 Å². The van der Waals surface area contributed by atoms with E-state index in [1.54, 1.807) is 0 Å². The monoisotopic (exact) mass is 240 g/mol. The van der Waals surface area contributed by atoms with Crippen LogP contribution in [-0.2, 0) is 6.42 Å². The first-order chi connectivity index (χ1) is 8.81. The molecular weight excluding hydrogens is 220 g/mol. The molecule has 0 aliphatic carbocycles. The number of hydrogen-bond donors (Lipinski definition) is 1. The molecule has 18 heavy (non-hydrogen) atoms. The van der Waals surface area contributed by atoms with Crippen molar-refractivity contribution in [3.8, 4) is 0 Å². The fourth-order valence-corrected chi connectivity index (χ4v) is 2.17. The predicted molar refractivity (Wildman–Crippen MR) is 75.5 cm³/mol. The van der Waals surface area contributed by atoms with Gasteiger partial charge in [-0.2, -0.15) is 0 Å². The molecule has 0 radical (unpaired) electrons. The van der Waals surface area contributed by atoms with E-state index >= 15 is 0 Å². The second-order valence-corrected chi connectivity index (χ2v) is 4.49. The number of nitrogens with zero attached hydrogens (tertiary/aromatic N) is 1. The molecule has 0 bridgehead atoms. The predicted octanol–water partition coefficient (Wildman–Crippen LogP) is 3.28. The number of nitrogens with one attached hydrogen (secondary N) is 1. The van der Waals surface area contributed by atoms with Gasteiger partial charge in [0.15, 0.2) is 0 Å². The molecule has 0 aliphatic heterocycles. The Morgan fingerprint density at radius 2 is 1.89 bits per heavy atom. The van der Waals surface area contributed by atoms with Crippen molar-refractivity contribution in [2.45, 2.75) is 26.3 Å². The van der Waals surface area contributed by atoms with Gasteiger partial charge in [0.2, 0.25) is 0 Å². The van der Waals surface area contributed by atoms with Crippen LogP contribution in [0.3, 0.4) is 0 Å². The maximum absolute atomic E-state index is 4.49. The molecule has 0 fully saturated rings. The molecule has 1 atom stereocenters. The van der Waals surface area contributed by atoms with Gasteiger partial charge in [-0.05, 0) is 30.7 Å². The average molecular weight is 240 g/mol. The summed E-state index contributed by atoms with van der Waals surface area (Å²) in [6.45, 7) is 5.23. The molecule has 2 nitrogen and oxygen atoms in total. The smallest absolute Gasteiger partial charge is 0.0451 e. The van der Waals surface area contributed by atoms with Crippen LogP contribution in [0.25, 0.3) is 0 Å². The van der Waals surface area contributed by atoms with Crippen LogP contribution in [-0.4, -0.2) is 11.5 Å². The van der Waals surface area contributed by atoms with Gasteiger partial charge in [0.05, 0.1) is 0 Å². The molecule has 1 N–H and O–H groups in total. The van der Waals surface area contributed by atoms with Crippen molar-refractivity contribution in [3.63, 3.8) is 0 Å². The normalized spacial score (nSPS) is 12.3. The molecule has 2 heteroatoms. The summed E-state index contributed by atoms with van der Waals surface area (Å²) in [7, 11) is 0. The summed E-state index contributed by atoms with van der Waals surface area (Å²) in [6.07, 6.45) is 2.81. The van der Waals surface area contributed by atoms with Crippen LogP contribution in [0.2, 0.25) is 0 Å². The Balaban J connectivity index is 2.19. The lowest BCUT2D eigenvalue weighted by atomic mass is 10.00. The van der Waals surface area contributed by atoms with Crippen molar-refractivity contribution in [2.24, 2.45) is 0 Å². The van der Waals surface area contributed by atoms with E-state index in [1.807, 2.05) is 12.3 Å². The lowest BCUT2D eigenvalue weighted by Crippen LogP contribution is -2.23. The second-order valence-electron chi connectivity index (χ2n) is 4.49. The molecule has 1 heterocycles. The van der Waals surface area contributed by atoms with Crippen molar-refractivity contribution in [3.05, 3.63) is 65.5 Å².